The standard InChI is InChI=1S/C13H20N4/c1-10-2-5-13(16-15-10)14-8-11-6-7-17(9-11)12-3-4-12/h2,5,11-12H,3-4,6-9H2,1H3,(H,14,16). The van der Waals surface area contributed by atoms with Gasteiger partial charge in [-0.2, -0.15) is 5.10 Å². The summed E-state index contributed by atoms with van der Waals surface area (Å²) in [5, 5.41) is 11.6. The Bertz CT molecular complexity index is 372. The zero-order valence-corrected chi connectivity index (χ0v) is 10.4. The molecule has 2 aliphatic rings. The first kappa shape index (κ1) is 11.0. The maximum absolute atomic E-state index is 4.13. The Morgan fingerprint density at radius 1 is 1.29 bits per heavy atom. The van der Waals surface area contributed by atoms with Gasteiger partial charge in [0.05, 0.1) is 5.69 Å². The highest BCUT2D eigenvalue weighted by Gasteiger charge is 2.34. The van der Waals surface area contributed by atoms with Gasteiger partial charge in [-0.25, -0.2) is 0 Å². The lowest BCUT2D eigenvalue weighted by Gasteiger charge is -2.15. The van der Waals surface area contributed by atoms with Crippen molar-refractivity contribution in [2.75, 3.05) is 25.0 Å². The lowest BCUT2D eigenvalue weighted by Crippen LogP contribution is -2.25. The van der Waals surface area contributed by atoms with Crippen LogP contribution in [0.1, 0.15) is 25.0 Å². The first-order chi connectivity index (χ1) is 8.31. The summed E-state index contributed by atoms with van der Waals surface area (Å²) < 4.78 is 0. The van der Waals surface area contributed by atoms with Gasteiger partial charge in [0.1, 0.15) is 5.82 Å². The van der Waals surface area contributed by atoms with Crippen molar-refractivity contribution in [2.24, 2.45) is 5.92 Å². The zero-order valence-electron chi connectivity index (χ0n) is 10.4. The van der Waals surface area contributed by atoms with Crippen molar-refractivity contribution >= 4 is 5.82 Å². The molecule has 1 N–H and O–H groups in total. The van der Waals surface area contributed by atoms with Crippen molar-refractivity contribution in [3.63, 3.8) is 0 Å². The largest absolute Gasteiger partial charge is 0.368 e. The van der Waals surface area contributed by atoms with Gasteiger partial charge in [-0.3, -0.25) is 0 Å². The molecule has 92 valence electrons. The molecule has 1 atom stereocenters. The maximum atomic E-state index is 4.13. The minimum atomic E-state index is 0.777. The van der Waals surface area contributed by atoms with E-state index in [2.05, 4.69) is 20.4 Å². The van der Waals surface area contributed by atoms with Gasteiger partial charge in [0.2, 0.25) is 0 Å². The zero-order chi connectivity index (χ0) is 11.7. The van der Waals surface area contributed by atoms with Crippen LogP contribution in [0.4, 0.5) is 5.82 Å². The van der Waals surface area contributed by atoms with E-state index in [1.165, 1.54) is 32.4 Å². The van der Waals surface area contributed by atoms with E-state index >= 15 is 0 Å². The second-order valence-corrected chi connectivity index (χ2v) is 5.32. The van der Waals surface area contributed by atoms with Crippen LogP contribution < -0.4 is 5.32 Å². The second-order valence-electron chi connectivity index (χ2n) is 5.32. The molecule has 0 amide bonds. The van der Waals surface area contributed by atoms with E-state index in [0.717, 1.165) is 30.0 Å². The van der Waals surface area contributed by atoms with Crippen molar-refractivity contribution < 1.29 is 0 Å². The highest BCUT2D eigenvalue weighted by Crippen LogP contribution is 2.31. The van der Waals surface area contributed by atoms with Crippen LogP contribution in [0.2, 0.25) is 0 Å². The van der Waals surface area contributed by atoms with Gasteiger partial charge in [-0.1, -0.05) is 0 Å². The van der Waals surface area contributed by atoms with Gasteiger partial charge < -0.3 is 10.2 Å². The average Bonchev–Trinajstić information content (AvgIpc) is 3.09. The molecular formula is C13H20N4. The van der Waals surface area contributed by atoms with Gasteiger partial charge in [-0.05, 0) is 50.8 Å². The number of hydrogen-bond donors (Lipinski definition) is 1. The fourth-order valence-corrected chi connectivity index (χ4v) is 2.54. The van der Waals surface area contributed by atoms with Gasteiger partial charge in [0.15, 0.2) is 0 Å². The van der Waals surface area contributed by atoms with Crippen LogP contribution in [0, 0.1) is 12.8 Å². The fraction of sp³-hybridized carbons (Fsp3) is 0.692. The van der Waals surface area contributed by atoms with Gasteiger partial charge in [-0.15, -0.1) is 5.10 Å². The Morgan fingerprint density at radius 2 is 2.18 bits per heavy atom. The summed E-state index contributed by atoms with van der Waals surface area (Å²) in [4.78, 5) is 2.65. The van der Waals surface area contributed by atoms with Gasteiger partial charge in [0.25, 0.3) is 0 Å². The first-order valence-electron chi connectivity index (χ1n) is 6.59. The predicted molar refractivity (Wildman–Crippen MR) is 68.0 cm³/mol. The monoisotopic (exact) mass is 232 g/mol. The molecule has 3 rings (SSSR count). The van der Waals surface area contributed by atoms with Crippen molar-refractivity contribution in [2.45, 2.75) is 32.2 Å². The molecule has 4 nitrogen and oxygen atoms in total. The topological polar surface area (TPSA) is 41.0 Å². The van der Waals surface area contributed by atoms with Gasteiger partial charge in [0, 0.05) is 19.1 Å². The third-order valence-corrected chi connectivity index (χ3v) is 3.75. The summed E-state index contributed by atoms with van der Waals surface area (Å²) in [6.07, 6.45) is 4.16. The molecular weight excluding hydrogens is 212 g/mol. The number of aryl methyl sites for hydroxylation is 1. The highest BCUT2D eigenvalue weighted by molar-refractivity contribution is 5.32. The molecule has 1 aliphatic heterocycles. The minimum Gasteiger partial charge on any atom is -0.368 e. The molecule has 1 saturated carbocycles. The van der Waals surface area contributed by atoms with Crippen LogP contribution in [0.25, 0.3) is 0 Å². The second kappa shape index (κ2) is 4.61. The maximum Gasteiger partial charge on any atom is 0.148 e. The Balaban J connectivity index is 1.46. The van der Waals surface area contributed by atoms with E-state index in [4.69, 9.17) is 0 Å². The van der Waals surface area contributed by atoms with Crippen molar-refractivity contribution in [3.8, 4) is 0 Å². The molecule has 1 unspecified atom stereocenters. The van der Waals surface area contributed by atoms with Crippen molar-refractivity contribution in [1.82, 2.24) is 15.1 Å². The van der Waals surface area contributed by atoms with Crippen LogP contribution in [0.5, 0.6) is 0 Å². The summed E-state index contributed by atoms with van der Waals surface area (Å²) in [7, 11) is 0. The summed E-state index contributed by atoms with van der Waals surface area (Å²) in [5.41, 5.74) is 0.969. The summed E-state index contributed by atoms with van der Waals surface area (Å²) in [6, 6.07) is 4.93. The molecule has 2 heterocycles. The van der Waals surface area contributed by atoms with E-state index in [1.807, 2.05) is 19.1 Å². The first-order valence-corrected chi connectivity index (χ1v) is 6.59. The Hall–Kier alpha value is -1.16. The van der Waals surface area contributed by atoms with E-state index in [-0.39, 0.29) is 0 Å². The number of anilines is 1. The molecule has 17 heavy (non-hydrogen) atoms. The third-order valence-electron chi connectivity index (χ3n) is 3.75. The molecule has 1 aliphatic carbocycles. The number of aromatic nitrogens is 2. The lowest BCUT2D eigenvalue weighted by atomic mass is 10.1. The molecule has 0 spiro atoms. The third kappa shape index (κ3) is 2.75. The smallest absolute Gasteiger partial charge is 0.148 e. The number of nitrogens with one attached hydrogen (secondary N) is 1. The predicted octanol–water partition coefficient (Wildman–Crippen LogP) is 1.68. The van der Waals surface area contributed by atoms with Crippen LogP contribution in [0.3, 0.4) is 0 Å². The molecule has 1 aromatic rings. The molecule has 2 fully saturated rings. The van der Waals surface area contributed by atoms with Crippen molar-refractivity contribution in [3.05, 3.63) is 17.8 Å². The van der Waals surface area contributed by atoms with E-state index in [9.17, 15) is 0 Å². The minimum absolute atomic E-state index is 0.777. The number of likely N-dealkylation sites (tertiary alicyclic amines) is 1. The summed E-state index contributed by atoms with van der Waals surface area (Å²) in [5.74, 6) is 1.68. The van der Waals surface area contributed by atoms with Crippen LogP contribution >= 0.6 is 0 Å². The molecule has 1 aromatic heterocycles. The van der Waals surface area contributed by atoms with E-state index in [1.54, 1.807) is 0 Å². The molecule has 4 heteroatoms. The van der Waals surface area contributed by atoms with Crippen LogP contribution in [0.15, 0.2) is 12.1 Å². The number of nitrogens with zero attached hydrogens (tertiary/aromatic N) is 3. The molecule has 0 bridgehead atoms. The van der Waals surface area contributed by atoms with E-state index < -0.39 is 0 Å². The summed E-state index contributed by atoms with van der Waals surface area (Å²) >= 11 is 0. The fourth-order valence-electron chi connectivity index (χ4n) is 2.54. The normalized spacial score (nSPS) is 25.1. The average molecular weight is 232 g/mol. The number of rotatable bonds is 4. The van der Waals surface area contributed by atoms with Crippen LogP contribution in [-0.4, -0.2) is 40.8 Å². The molecule has 0 aromatic carbocycles. The number of hydrogen-bond acceptors (Lipinski definition) is 4. The van der Waals surface area contributed by atoms with Gasteiger partial charge >= 0.3 is 0 Å². The SMILES string of the molecule is Cc1ccc(NCC2CCN(C3CC3)C2)nn1. The van der Waals surface area contributed by atoms with Crippen molar-refractivity contribution in [1.29, 1.82) is 0 Å². The highest BCUT2D eigenvalue weighted by atomic mass is 15.2. The molecule has 0 radical (unpaired) electrons. The Kier molecular flexibility index (Phi) is 2.97. The summed E-state index contributed by atoms with van der Waals surface area (Å²) in [6.45, 7) is 5.54. The van der Waals surface area contributed by atoms with E-state index in [0.29, 0.717) is 0 Å². The Morgan fingerprint density at radius 3 is 2.88 bits per heavy atom. The quantitative estimate of drug-likeness (QED) is 0.857. The van der Waals surface area contributed by atoms with Crippen LogP contribution in [-0.2, 0) is 0 Å². The lowest BCUT2D eigenvalue weighted by molar-refractivity contribution is 0.316. The Labute approximate surface area is 102 Å². The molecule has 1 saturated heterocycles.